The van der Waals surface area contributed by atoms with Crippen LogP contribution >= 0.6 is 23.2 Å². The van der Waals surface area contributed by atoms with E-state index in [0.29, 0.717) is 13.1 Å². The monoisotopic (exact) mass is 449 g/mol. The van der Waals surface area contributed by atoms with Crippen LogP contribution in [0.4, 0.5) is 11.4 Å². The van der Waals surface area contributed by atoms with E-state index in [1.54, 1.807) is 0 Å². The average Bonchev–Trinajstić information content (AvgIpc) is 3.15. The minimum atomic E-state index is -3.96. The molecule has 2 aromatic carbocycles. The Hall–Kier alpha value is -1.52. The lowest BCUT2D eigenvalue weighted by Crippen LogP contribution is -2.27. The molecular formula is C16H17Cl2N3O4S2. The number of hydrogen-bond acceptors (Lipinski definition) is 5. The van der Waals surface area contributed by atoms with Gasteiger partial charge in [-0.15, -0.1) is 0 Å². The first-order valence-corrected chi connectivity index (χ1v) is 11.7. The summed E-state index contributed by atoms with van der Waals surface area (Å²) in [4.78, 5) is -0.0335. The summed E-state index contributed by atoms with van der Waals surface area (Å²) in [6.45, 7) is 0.950. The molecule has 3 rings (SSSR count). The van der Waals surface area contributed by atoms with E-state index in [-0.39, 0.29) is 31.2 Å². The van der Waals surface area contributed by atoms with E-state index in [0.717, 1.165) is 12.8 Å². The van der Waals surface area contributed by atoms with E-state index in [2.05, 4.69) is 4.72 Å². The van der Waals surface area contributed by atoms with E-state index >= 15 is 0 Å². The number of benzene rings is 2. The van der Waals surface area contributed by atoms with E-state index in [4.69, 9.17) is 28.9 Å². The van der Waals surface area contributed by atoms with Crippen molar-refractivity contribution in [3.05, 3.63) is 46.4 Å². The molecule has 0 aliphatic carbocycles. The van der Waals surface area contributed by atoms with Gasteiger partial charge in [0.25, 0.3) is 10.0 Å². The van der Waals surface area contributed by atoms with Crippen molar-refractivity contribution in [3.63, 3.8) is 0 Å². The van der Waals surface area contributed by atoms with Crippen molar-refractivity contribution in [2.45, 2.75) is 22.6 Å². The molecule has 1 saturated heterocycles. The maximum atomic E-state index is 12.5. The highest BCUT2D eigenvalue weighted by Gasteiger charge is 2.27. The van der Waals surface area contributed by atoms with Crippen LogP contribution in [0, 0.1) is 0 Å². The number of sulfonamides is 2. The Morgan fingerprint density at radius 3 is 1.89 bits per heavy atom. The summed E-state index contributed by atoms with van der Waals surface area (Å²) in [5, 5.41) is 0.236. The number of anilines is 2. The fraction of sp³-hybridized carbons (Fsp3) is 0.250. The van der Waals surface area contributed by atoms with Crippen molar-refractivity contribution >= 4 is 54.6 Å². The van der Waals surface area contributed by atoms with Gasteiger partial charge < -0.3 is 5.73 Å². The van der Waals surface area contributed by atoms with E-state index in [1.807, 2.05) is 0 Å². The Balaban J connectivity index is 1.85. The summed E-state index contributed by atoms with van der Waals surface area (Å²) >= 11 is 11.8. The van der Waals surface area contributed by atoms with Gasteiger partial charge in [-0.2, -0.15) is 4.31 Å². The lowest BCUT2D eigenvalue weighted by molar-refractivity contribution is 0.477. The lowest BCUT2D eigenvalue weighted by Gasteiger charge is -2.16. The first-order valence-electron chi connectivity index (χ1n) is 7.99. The highest BCUT2D eigenvalue weighted by Crippen LogP contribution is 2.32. The second-order valence-electron chi connectivity index (χ2n) is 6.04. The molecule has 1 heterocycles. The smallest absolute Gasteiger partial charge is 0.261 e. The zero-order valence-electron chi connectivity index (χ0n) is 14.0. The molecule has 1 fully saturated rings. The van der Waals surface area contributed by atoms with Gasteiger partial charge in [-0.25, -0.2) is 16.8 Å². The second-order valence-corrected chi connectivity index (χ2v) is 10.5. The number of nitrogens with zero attached hydrogens (tertiary/aromatic N) is 1. The SMILES string of the molecule is Nc1c(Cl)cc(NS(=O)(=O)c2ccc(S(=O)(=O)N3CCCC3)cc2)cc1Cl. The molecule has 0 radical (unpaired) electrons. The van der Waals surface area contributed by atoms with E-state index in [9.17, 15) is 16.8 Å². The molecule has 1 aliphatic rings. The summed E-state index contributed by atoms with van der Waals surface area (Å²) < 4.78 is 53.8. The van der Waals surface area contributed by atoms with Crippen LogP contribution in [0.2, 0.25) is 10.0 Å². The normalized spacial score (nSPS) is 15.8. The highest BCUT2D eigenvalue weighted by molar-refractivity contribution is 7.92. The Labute approximate surface area is 168 Å². The Morgan fingerprint density at radius 2 is 1.37 bits per heavy atom. The summed E-state index contributed by atoms with van der Waals surface area (Å²) in [5.41, 5.74) is 5.93. The molecule has 0 spiro atoms. The molecule has 0 bridgehead atoms. The number of nitrogens with two attached hydrogens (primary N) is 1. The van der Waals surface area contributed by atoms with Crippen LogP contribution in [0.5, 0.6) is 0 Å². The molecule has 146 valence electrons. The van der Waals surface area contributed by atoms with Crippen molar-refractivity contribution in [2.75, 3.05) is 23.5 Å². The average molecular weight is 450 g/mol. The first-order chi connectivity index (χ1) is 12.6. The topological polar surface area (TPSA) is 110 Å². The van der Waals surface area contributed by atoms with Crippen LogP contribution in [0.1, 0.15) is 12.8 Å². The van der Waals surface area contributed by atoms with Gasteiger partial charge in [0, 0.05) is 13.1 Å². The van der Waals surface area contributed by atoms with Crippen molar-refractivity contribution in [1.29, 1.82) is 0 Å². The molecular weight excluding hydrogens is 433 g/mol. The highest BCUT2D eigenvalue weighted by atomic mass is 35.5. The van der Waals surface area contributed by atoms with Gasteiger partial charge in [0.1, 0.15) is 0 Å². The van der Waals surface area contributed by atoms with Gasteiger partial charge in [-0.05, 0) is 49.2 Å². The standard InChI is InChI=1S/C16H17Cl2N3O4S2/c17-14-9-11(10-15(18)16(14)19)20-26(22,23)12-3-5-13(6-4-12)27(24,25)21-7-1-2-8-21/h3-6,9-10,20H,1-2,7-8,19H2. The molecule has 3 N–H and O–H groups in total. The largest absolute Gasteiger partial charge is 0.396 e. The predicted molar refractivity (Wildman–Crippen MR) is 106 cm³/mol. The summed E-state index contributed by atoms with van der Waals surface area (Å²) in [7, 11) is -7.56. The van der Waals surface area contributed by atoms with Crippen LogP contribution in [0.15, 0.2) is 46.2 Å². The molecule has 0 amide bonds. The van der Waals surface area contributed by atoms with Crippen LogP contribution in [0.25, 0.3) is 0 Å². The fourth-order valence-corrected chi connectivity index (χ4v) is 5.77. The Bertz CT molecular complexity index is 1040. The van der Waals surface area contributed by atoms with Crippen LogP contribution in [-0.4, -0.2) is 34.2 Å². The zero-order chi connectivity index (χ0) is 19.8. The third-order valence-corrected chi connectivity index (χ3v) is 8.10. The third-order valence-electron chi connectivity index (χ3n) is 4.17. The number of halogens is 2. The summed E-state index contributed by atoms with van der Waals surface area (Å²) in [5.74, 6) is 0. The van der Waals surface area contributed by atoms with Gasteiger partial charge in [-0.3, -0.25) is 4.72 Å². The molecule has 0 saturated carbocycles. The van der Waals surface area contributed by atoms with E-state index < -0.39 is 20.0 Å². The third kappa shape index (κ3) is 4.17. The van der Waals surface area contributed by atoms with Gasteiger partial charge in [0.15, 0.2) is 0 Å². The van der Waals surface area contributed by atoms with Gasteiger partial charge in [-0.1, -0.05) is 23.2 Å². The Morgan fingerprint density at radius 1 is 0.889 bits per heavy atom. The molecule has 27 heavy (non-hydrogen) atoms. The fourth-order valence-electron chi connectivity index (χ4n) is 2.73. The molecule has 1 aliphatic heterocycles. The molecule has 7 nitrogen and oxygen atoms in total. The zero-order valence-corrected chi connectivity index (χ0v) is 17.2. The number of hydrogen-bond donors (Lipinski definition) is 2. The minimum absolute atomic E-state index is 0.0573. The summed E-state index contributed by atoms with van der Waals surface area (Å²) in [6, 6.07) is 7.73. The molecule has 11 heteroatoms. The van der Waals surface area contributed by atoms with Gasteiger partial charge in [0.2, 0.25) is 10.0 Å². The van der Waals surface area contributed by atoms with E-state index in [1.165, 1.54) is 40.7 Å². The molecule has 2 aromatic rings. The molecule has 0 atom stereocenters. The van der Waals surface area contributed by atoms with Crippen LogP contribution in [0.3, 0.4) is 0 Å². The van der Waals surface area contributed by atoms with Crippen LogP contribution in [-0.2, 0) is 20.0 Å². The van der Waals surface area contributed by atoms with Crippen LogP contribution < -0.4 is 10.5 Å². The second kappa shape index (κ2) is 7.48. The summed E-state index contributed by atoms with van der Waals surface area (Å²) in [6.07, 6.45) is 1.64. The van der Waals surface area contributed by atoms with Crippen molar-refractivity contribution in [3.8, 4) is 0 Å². The number of rotatable bonds is 5. The maximum Gasteiger partial charge on any atom is 0.261 e. The number of nitrogens with one attached hydrogen (secondary N) is 1. The first kappa shape index (κ1) is 20.2. The predicted octanol–water partition coefficient (Wildman–Crippen LogP) is 3.16. The molecule has 0 unspecified atom stereocenters. The molecule has 0 aromatic heterocycles. The maximum absolute atomic E-state index is 12.5. The minimum Gasteiger partial charge on any atom is -0.396 e. The van der Waals surface area contributed by atoms with Crippen molar-refractivity contribution in [1.82, 2.24) is 4.31 Å². The van der Waals surface area contributed by atoms with Gasteiger partial charge in [0.05, 0.1) is 31.2 Å². The van der Waals surface area contributed by atoms with Gasteiger partial charge >= 0.3 is 0 Å². The Kier molecular flexibility index (Phi) is 5.60. The quantitative estimate of drug-likeness (QED) is 0.681. The van der Waals surface area contributed by atoms with Crippen molar-refractivity contribution < 1.29 is 16.8 Å². The lowest BCUT2D eigenvalue weighted by atomic mass is 10.3. The number of nitrogen functional groups attached to an aromatic ring is 1. The van der Waals surface area contributed by atoms with Crippen molar-refractivity contribution in [2.24, 2.45) is 0 Å².